The summed E-state index contributed by atoms with van der Waals surface area (Å²) in [7, 11) is -13.4. The summed E-state index contributed by atoms with van der Waals surface area (Å²) in [6, 6.07) is 13.1. The number of hydrogen-bond donors (Lipinski definition) is 6. The van der Waals surface area contributed by atoms with E-state index in [2.05, 4.69) is 33.0 Å². The van der Waals surface area contributed by atoms with E-state index >= 15 is 0 Å². The third kappa shape index (κ3) is 10.7. The predicted octanol–water partition coefficient (Wildman–Crippen LogP) is 7.48. The molecule has 0 aliphatic heterocycles. The van der Waals surface area contributed by atoms with Gasteiger partial charge in [0.05, 0.1) is 30.3 Å². The monoisotopic (exact) mass is 857 g/mol. The van der Waals surface area contributed by atoms with E-state index in [9.17, 15) is 48.8 Å². The van der Waals surface area contributed by atoms with E-state index in [1.807, 2.05) is 0 Å². The largest absolute Gasteiger partial charge is 0.494 e. The maximum atomic E-state index is 13.6. The van der Waals surface area contributed by atoms with Gasteiger partial charge in [0.15, 0.2) is 5.71 Å². The molecule has 1 aliphatic carbocycles. The quantitative estimate of drug-likeness (QED) is 0.0245. The van der Waals surface area contributed by atoms with Crippen LogP contribution in [0.4, 0.5) is 22.7 Å². The Bertz CT molecular complexity index is 2660. The Morgan fingerprint density at radius 1 is 0.793 bits per heavy atom. The number of nitrogens with one attached hydrogen (secondary N) is 2. The van der Waals surface area contributed by atoms with Gasteiger partial charge in [0.1, 0.15) is 20.4 Å². The number of unbranched alkanes of at least 4 members (excludes halogenated alkanes) is 5. The number of aryl methyl sites for hydroxylation is 1. The van der Waals surface area contributed by atoms with E-state index < -0.39 is 62.6 Å². The number of benzene rings is 4. The molecule has 0 bridgehead atoms. The van der Waals surface area contributed by atoms with Gasteiger partial charge < -0.3 is 15.2 Å². The molecule has 310 valence electrons. The van der Waals surface area contributed by atoms with Crippen molar-refractivity contribution in [3.05, 3.63) is 82.3 Å². The first-order chi connectivity index (χ1) is 27.3. The van der Waals surface area contributed by atoms with Crippen LogP contribution in [-0.4, -0.2) is 75.3 Å². The molecule has 5 rings (SSSR count). The van der Waals surface area contributed by atoms with Crippen LogP contribution < -0.4 is 15.5 Å². The van der Waals surface area contributed by atoms with Crippen LogP contribution in [0.3, 0.4) is 0 Å². The molecule has 0 radical (unpaired) electrons. The molecular formula is C38H43N5O12S3. The second kappa shape index (κ2) is 18.2. The topological polar surface area (TPSA) is 271 Å². The summed E-state index contributed by atoms with van der Waals surface area (Å²) in [5.41, 5.74) is 3.35. The molecule has 0 saturated carbocycles. The predicted molar refractivity (Wildman–Crippen MR) is 219 cm³/mol. The van der Waals surface area contributed by atoms with Crippen LogP contribution in [0.2, 0.25) is 0 Å². The minimum Gasteiger partial charge on any atom is -0.494 e. The molecular weight excluding hydrogens is 815 g/mol. The number of ether oxygens (including phenoxy) is 1. The highest BCUT2D eigenvalue weighted by Gasteiger charge is 2.33. The Hall–Kier alpha value is -5.09. The smallest absolute Gasteiger partial charge is 0.296 e. The number of rotatable bonds is 18. The van der Waals surface area contributed by atoms with Gasteiger partial charge in [-0.3, -0.25) is 23.9 Å². The zero-order chi connectivity index (χ0) is 42.4. The SMILES string of the molecule is CCCCCCCCC(O)CNc1ccc2c(c1)C=C(S(=O)(=O)O)/C(=N/Nc1cc(C)c(/N=N/c3cc(S(=O)(=O)O)c4cccc(S(=O)(=O)O)c4c3)cc1OC)C2=O. The summed E-state index contributed by atoms with van der Waals surface area (Å²) in [5, 5.41) is 25.3. The first-order valence-electron chi connectivity index (χ1n) is 18.1. The maximum absolute atomic E-state index is 13.6. The summed E-state index contributed by atoms with van der Waals surface area (Å²) in [6.45, 7) is 3.99. The minimum atomic E-state index is -4.96. The lowest BCUT2D eigenvalue weighted by Gasteiger charge is -2.19. The standard InChI is InChI=1S/C38H43N5O12S3/c1-4-5-6-7-8-9-11-27(44)22-39-25-14-15-28-24(17-25)18-36(58(52,53)54)37(38(28)45)43-42-32-16-23(2)31(21-33(32)55-3)41-40-26-19-30-29(35(20-26)57(49,50)51)12-10-13-34(30)56(46,47)48/h10,12-21,27,39,42,44H,4-9,11,22H2,1-3H3,(H,46,47,48)(H,49,50,51)(H,52,53,54)/b41-40+,43-37-. The second-order valence-corrected chi connectivity index (χ2v) is 17.7. The van der Waals surface area contributed by atoms with Crippen LogP contribution in [0.25, 0.3) is 16.8 Å². The summed E-state index contributed by atoms with van der Waals surface area (Å²) < 4.78 is 109. The van der Waals surface area contributed by atoms with E-state index in [4.69, 9.17) is 4.74 Å². The summed E-state index contributed by atoms with van der Waals surface area (Å²) in [6.07, 6.45) is 7.70. The molecule has 0 spiro atoms. The van der Waals surface area contributed by atoms with Gasteiger partial charge in [0.2, 0.25) is 5.78 Å². The number of Topliss-reactive ketones (excluding diaryl/α,β-unsaturated/α-hetero) is 1. The number of carbonyl (C=O) groups excluding carboxylic acids is 1. The van der Waals surface area contributed by atoms with E-state index in [0.29, 0.717) is 17.7 Å². The Labute approximate surface area is 336 Å². The molecule has 0 amide bonds. The normalized spacial score (nSPS) is 14.8. The summed E-state index contributed by atoms with van der Waals surface area (Å²) in [5.74, 6) is -0.727. The molecule has 1 unspecified atom stereocenters. The van der Waals surface area contributed by atoms with Crippen molar-refractivity contribution >= 4 is 81.4 Å². The van der Waals surface area contributed by atoms with Crippen LogP contribution >= 0.6 is 0 Å². The van der Waals surface area contributed by atoms with Crippen molar-refractivity contribution in [2.75, 3.05) is 24.4 Å². The Morgan fingerprint density at radius 2 is 1.50 bits per heavy atom. The number of carbonyl (C=O) groups is 1. The fourth-order valence-electron chi connectivity index (χ4n) is 6.32. The van der Waals surface area contributed by atoms with Crippen LogP contribution in [0.1, 0.15) is 73.4 Å². The number of ketones is 1. The van der Waals surface area contributed by atoms with Gasteiger partial charge in [-0.05, 0) is 73.0 Å². The van der Waals surface area contributed by atoms with Gasteiger partial charge in [0.25, 0.3) is 30.4 Å². The Kier molecular flexibility index (Phi) is 13.8. The molecule has 17 nitrogen and oxygen atoms in total. The number of hydrazone groups is 1. The average Bonchev–Trinajstić information content (AvgIpc) is 3.15. The Morgan fingerprint density at radius 3 is 2.17 bits per heavy atom. The van der Waals surface area contributed by atoms with Crippen molar-refractivity contribution in [2.24, 2.45) is 15.3 Å². The number of azo groups is 1. The molecule has 20 heteroatoms. The highest BCUT2D eigenvalue weighted by atomic mass is 32.2. The highest BCUT2D eigenvalue weighted by molar-refractivity contribution is 7.91. The van der Waals surface area contributed by atoms with Crippen molar-refractivity contribution in [1.29, 1.82) is 0 Å². The van der Waals surface area contributed by atoms with Crippen molar-refractivity contribution in [1.82, 2.24) is 0 Å². The van der Waals surface area contributed by atoms with Gasteiger partial charge in [-0.2, -0.15) is 40.6 Å². The number of hydrogen-bond acceptors (Lipinski definition) is 14. The minimum absolute atomic E-state index is 0.0742. The third-order valence-electron chi connectivity index (χ3n) is 9.28. The molecule has 0 aromatic heterocycles. The lowest BCUT2D eigenvalue weighted by atomic mass is 9.94. The molecule has 0 fully saturated rings. The van der Waals surface area contributed by atoms with E-state index in [1.54, 1.807) is 13.0 Å². The molecule has 58 heavy (non-hydrogen) atoms. The van der Waals surface area contributed by atoms with Crippen LogP contribution in [0.5, 0.6) is 5.75 Å². The molecule has 1 aliphatic rings. The van der Waals surface area contributed by atoms with Crippen LogP contribution in [0.15, 0.2) is 90.7 Å². The van der Waals surface area contributed by atoms with E-state index in [-0.39, 0.29) is 51.3 Å². The van der Waals surface area contributed by atoms with Crippen LogP contribution in [0, 0.1) is 6.92 Å². The molecule has 4 aromatic carbocycles. The van der Waals surface area contributed by atoms with Gasteiger partial charge in [-0.25, -0.2) is 0 Å². The molecule has 0 saturated heterocycles. The summed E-state index contributed by atoms with van der Waals surface area (Å²) in [4.78, 5) is 11.6. The number of nitrogens with zero attached hydrogens (tertiary/aromatic N) is 3. The van der Waals surface area contributed by atoms with Crippen molar-refractivity contribution < 1.29 is 53.5 Å². The molecule has 0 heterocycles. The molecule has 4 aromatic rings. The lowest BCUT2D eigenvalue weighted by Crippen LogP contribution is -2.27. The van der Waals surface area contributed by atoms with E-state index in [0.717, 1.165) is 50.0 Å². The lowest BCUT2D eigenvalue weighted by molar-refractivity contribution is 0.106. The number of fused-ring (bicyclic) bond motifs is 2. The maximum Gasteiger partial charge on any atom is 0.296 e. The molecule has 1 atom stereocenters. The van der Waals surface area contributed by atoms with E-state index in [1.165, 1.54) is 56.3 Å². The second-order valence-electron chi connectivity index (χ2n) is 13.6. The zero-order valence-corrected chi connectivity index (χ0v) is 34.2. The van der Waals surface area contributed by atoms with Gasteiger partial charge in [0, 0.05) is 34.6 Å². The van der Waals surface area contributed by atoms with Gasteiger partial charge >= 0.3 is 0 Å². The molecule has 6 N–H and O–H groups in total. The Balaban J connectivity index is 1.39. The first kappa shape index (κ1) is 44.0. The van der Waals surface area contributed by atoms with Crippen molar-refractivity contribution in [3.8, 4) is 5.75 Å². The zero-order valence-electron chi connectivity index (χ0n) is 31.7. The fraction of sp³-hybridized carbons (Fsp3) is 0.316. The first-order valence-corrected chi connectivity index (χ1v) is 22.4. The third-order valence-corrected chi connectivity index (χ3v) is 12.0. The van der Waals surface area contributed by atoms with Gasteiger partial charge in [-0.15, -0.1) is 0 Å². The van der Waals surface area contributed by atoms with Crippen molar-refractivity contribution in [2.45, 2.75) is 74.7 Å². The number of methoxy groups -OCH3 is 1. The van der Waals surface area contributed by atoms with Crippen molar-refractivity contribution in [3.63, 3.8) is 0 Å². The van der Waals surface area contributed by atoms with Crippen LogP contribution in [-0.2, 0) is 30.4 Å². The highest BCUT2D eigenvalue weighted by Crippen LogP contribution is 2.37. The summed E-state index contributed by atoms with van der Waals surface area (Å²) >= 11 is 0. The van der Waals surface area contributed by atoms with Gasteiger partial charge in [-0.1, -0.05) is 57.6 Å². The number of allylic oxidation sites excluding steroid dienone is 1. The number of aliphatic hydroxyl groups excluding tert-OH is 1. The fourth-order valence-corrected chi connectivity index (χ4v) is 8.40. The average molecular weight is 858 g/mol. The number of aliphatic hydroxyl groups is 1. The number of anilines is 2.